The van der Waals surface area contributed by atoms with Crippen LogP contribution in [0.4, 0.5) is 0 Å². The lowest BCUT2D eigenvalue weighted by Gasteiger charge is -2.31. The number of cyclic esters (lactones) is 1. The van der Waals surface area contributed by atoms with E-state index in [-0.39, 0.29) is 24.6 Å². The van der Waals surface area contributed by atoms with Gasteiger partial charge in [-0.05, 0) is 37.1 Å². The summed E-state index contributed by atoms with van der Waals surface area (Å²) in [5.74, 6) is -0.536. The summed E-state index contributed by atoms with van der Waals surface area (Å²) in [6, 6.07) is 9.05. The lowest BCUT2D eigenvalue weighted by molar-refractivity contribution is -0.172. The fraction of sp³-hybridized carbons (Fsp3) is 0.579. The molecule has 0 saturated heterocycles. The molecular formula is C38H50N2O6. The van der Waals surface area contributed by atoms with Crippen molar-refractivity contribution in [3.63, 3.8) is 0 Å². The normalized spacial score (nSPS) is 16.6. The number of aliphatic hydroxyl groups is 1. The summed E-state index contributed by atoms with van der Waals surface area (Å²) in [4.78, 5) is 43.5. The van der Waals surface area contributed by atoms with Crippen molar-refractivity contribution in [3.05, 3.63) is 57.4 Å². The zero-order valence-corrected chi connectivity index (χ0v) is 27.7. The van der Waals surface area contributed by atoms with Crippen molar-refractivity contribution in [3.8, 4) is 17.1 Å². The summed E-state index contributed by atoms with van der Waals surface area (Å²) in [5, 5.41) is 11.8. The first kappa shape index (κ1) is 33.8. The second-order valence-corrected chi connectivity index (χ2v) is 13.1. The van der Waals surface area contributed by atoms with Crippen LogP contribution in [0.3, 0.4) is 0 Å². The summed E-state index contributed by atoms with van der Waals surface area (Å²) in [6.45, 7) is 4.07. The van der Waals surface area contributed by atoms with Crippen LogP contribution >= 0.6 is 0 Å². The number of rotatable bonds is 18. The summed E-state index contributed by atoms with van der Waals surface area (Å²) >= 11 is 0. The first-order valence-corrected chi connectivity index (χ1v) is 17.7. The summed E-state index contributed by atoms with van der Waals surface area (Å²) in [6.07, 6.45) is 19.6. The Morgan fingerprint density at radius 3 is 2.17 bits per heavy atom. The average Bonchev–Trinajstić information content (AvgIpc) is 3.42. The van der Waals surface area contributed by atoms with Gasteiger partial charge in [0.1, 0.15) is 12.4 Å². The molecule has 8 heteroatoms. The van der Waals surface area contributed by atoms with E-state index in [9.17, 15) is 19.5 Å². The maximum absolute atomic E-state index is 13.4. The number of carbonyl (C=O) groups is 2. The van der Waals surface area contributed by atoms with Gasteiger partial charge in [-0.1, -0.05) is 110 Å². The smallest absolute Gasteiger partial charge is 0.343 e. The molecule has 1 aromatic carbocycles. The van der Waals surface area contributed by atoms with Gasteiger partial charge in [0.25, 0.3) is 5.56 Å². The topological polar surface area (TPSA) is 108 Å². The van der Waals surface area contributed by atoms with E-state index in [1.54, 1.807) is 29.7 Å². The maximum Gasteiger partial charge on any atom is 0.343 e. The van der Waals surface area contributed by atoms with Gasteiger partial charge in [0.05, 0.1) is 29.0 Å². The van der Waals surface area contributed by atoms with Gasteiger partial charge in [-0.3, -0.25) is 9.59 Å². The molecule has 0 amide bonds. The second-order valence-electron chi connectivity index (χ2n) is 13.1. The Bertz CT molecular complexity index is 1590. The predicted molar refractivity (Wildman–Crippen MR) is 180 cm³/mol. The Kier molecular flexibility index (Phi) is 11.7. The molecule has 1 N–H and O–H groups in total. The molecule has 5 rings (SSSR count). The van der Waals surface area contributed by atoms with Crippen LogP contribution in [0.5, 0.6) is 5.75 Å². The summed E-state index contributed by atoms with van der Waals surface area (Å²) < 4.78 is 12.6. The largest absolute Gasteiger partial charge is 0.458 e. The molecule has 0 radical (unpaired) electrons. The van der Waals surface area contributed by atoms with Gasteiger partial charge in [-0.25, -0.2) is 9.78 Å². The Labute approximate surface area is 272 Å². The van der Waals surface area contributed by atoms with Gasteiger partial charge in [0, 0.05) is 22.9 Å². The van der Waals surface area contributed by atoms with Gasteiger partial charge < -0.3 is 19.1 Å². The van der Waals surface area contributed by atoms with E-state index < -0.39 is 11.6 Å². The highest BCUT2D eigenvalue weighted by atomic mass is 16.6. The maximum atomic E-state index is 13.4. The molecule has 1 unspecified atom stereocenters. The highest BCUT2D eigenvalue weighted by Crippen LogP contribution is 2.39. The molecule has 0 fully saturated rings. The Balaban J connectivity index is 1.10. The number of benzene rings is 1. The minimum atomic E-state index is -1.87. The molecule has 1 atom stereocenters. The molecule has 8 nitrogen and oxygen atoms in total. The third kappa shape index (κ3) is 7.54. The van der Waals surface area contributed by atoms with Crippen molar-refractivity contribution < 1.29 is 24.2 Å². The van der Waals surface area contributed by atoms with E-state index in [1.165, 1.54) is 77.0 Å². The van der Waals surface area contributed by atoms with E-state index in [0.29, 0.717) is 52.1 Å². The monoisotopic (exact) mass is 630 g/mol. The van der Waals surface area contributed by atoms with E-state index in [0.717, 1.165) is 24.8 Å². The van der Waals surface area contributed by atoms with Crippen LogP contribution in [0.15, 0.2) is 35.1 Å². The van der Waals surface area contributed by atoms with E-state index in [2.05, 4.69) is 6.92 Å². The number of aromatic nitrogens is 2. The molecule has 0 saturated carbocycles. The van der Waals surface area contributed by atoms with Crippen molar-refractivity contribution in [1.82, 2.24) is 9.55 Å². The molecule has 4 heterocycles. The fourth-order valence-electron chi connectivity index (χ4n) is 6.88. The summed E-state index contributed by atoms with van der Waals surface area (Å²) in [5.41, 5.74) is 1.03. The van der Waals surface area contributed by atoms with Gasteiger partial charge in [-0.2, -0.15) is 0 Å². The van der Waals surface area contributed by atoms with Crippen molar-refractivity contribution in [2.75, 3.05) is 0 Å². The van der Waals surface area contributed by atoms with Crippen molar-refractivity contribution in [2.45, 2.75) is 142 Å². The minimum absolute atomic E-state index is 0.0911. The lowest BCUT2D eigenvalue weighted by atomic mass is 9.86. The SMILES string of the molecule is CCCCCCCCCCCCCCCCCC(=O)Oc1cccc2nc3c(cc12)Cn1c-3cc2c(c1=O)COC(=O)C2(O)CC. The molecule has 3 aromatic rings. The van der Waals surface area contributed by atoms with Crippen LogP contribution in [0.25, 0.3) is 22.3 Å². The number of pyridine rings is 2. The van der Waals surface area contributed by atoms with Crippen molar-refractivity contribution in [2.24, 2.45) is 0 Å². The second kappa shape index (κ2) is 15.9. The number of hydrogen-bond acceptors (Lipinski definition) is 7. The lowest BCUT2D eigenvalue weighted by Crippen LogP contribution is -2.44. The zero-order valence-electron chi connectivity index (χ0n) is 27.7. The Morgan fingerprint density at radius 2 is 1.54 bits per heavy atom. The first-order valence-electron chi connectivity index (χ1n) is 17.7. The molecule has 0 bridgehead atoms. The van der Waals surface area contributed by atoms with Crippen LogP contribution in [0, 0.1) is 0 Å². The minimum Gasteiger partial charge on any atom is -0.458 e. The number of fused-ring (bicyclic) bond motifs is 5. The number of unbranched alkanes of at least 4 members (excludes halogenated alkanes) is 14. The van der Waals surface area contributed by atoms with Crippen molar-refractivity contribution >= 4 is 22.8 Å². The molecule has 248 valence electrons. The molecule has 0 spiro atoms. The van der Waals surface area contributed by atoms with Crippen LogP contribution in [0.1, 0.15) is 140 Å². The molecule has 2 aliphatic heterocycles. The summed E-state index contributed by atoms with van der Waals surface area (Å²) in [7, 11) is 0. The third-order valence-corrected chi connectivity index (χ3v) is 9.72. The van der Waals surface area contributed by atoms with E-state index >= 15 is 0 Å². The number of ether oxygens (including phenoxy) is 2. The zero-order chi connectivity index (χ0) is 32.5. The van der Waals surface area contributed by atoms with Crippen LogP contribution in [0.2, 0.25) is 0 Å². The fourth-order valence-corrected chi connectivity index (χ4v) is 6.88. The molecule has 46 heavy (non-hydrogen) atoms. The van der Waals surface area contributed by atoms with Crippen LogP contribution < -0.4 is 10.3 Å². The standard InChI is InChI=1S/C38H50N2O6/c1-3-5-6-7-8-9-10-11-12-13-14-15-16-17-18-22-34(41)46-33-21-19-20-31-28(33)23-27-25-40-32(35(27)39-31)24-30-29(36(40)42)26-45-37(43)38(30,44)4-2/h19-21,23-24,44H,3-18,22,25-26H2,1-2H3. The van der Waals surface area contributed by atoms with Gasteiger partial charge >= 0.3 is 11.9 Å². The highest BCUT2D eigenvalue weighted by Gasteiger charge is 2.45. The molecule has 2 aliphatic rings. The average molecular weight is 631 g/mol. The van der Waals surface area contributed by atoms with Crippen LogP contribution in [-0.4, -0.2) is 26.6 Å². The first-order chi connectivity index (χ1) is 22.4. The highest BCUT2D eigenvalue weighted by molar-refractivity contribution is 5.91. The number of esters is 2. The van der Waals surface area contributed by atoms with Gasteiger partial charge in [-0.15, -0.1) is 0 Å². The van der Waals surface area contributed by atoms with Crippen LogP contribution in [-0.2, 0) is 33.1 Å². The van der Waals surface area contributed by atoms with Gasteiger partial charge in [0.15, 0.2) is 5.60 Å². The quantitative estimate of drug-likeness (QED) is 0.0670. The molecular weight excluding hydrogens is 580 g/mol. The number of nitrogens with zero attached hydrogens (tertiary/aromatic N) is 2. The molecule has 2 aromatic heterocycles. The third-order valence-electron chi connectivity index (χ3n) is 9.72. The number of hydrogen-bond donors (Lipinski definition) is 1. The van der Waals surface area contributed by atoms with E-state index in [4.69, 9.17) is 14.5 Å². The predicted octanol–water partition coefficient (Wildman–Crippen LogP) is 8.25. The van der Waals surface area contributed by atoms with Gasteiger partial charge in [0.2, 0.25) is 0 Å². The Hall–Kier alpha value is -3.52. The van der Waals surface area contributed by atoms with Crippen molar-refractivity contribution in [1.29, 1.82) is 0 Å². The Morgan fingerprint density at radius 1 is 0.913 bits per heavy atom. The molecule has 0 aliphatic carbocycles. The number of carbonyl (C=O) groups excluding carboxylic acids is 2. The van der Waals surface area contributed by atoms with E-state index in [1.807, 2.05) is 12.1 Å².